The number of hydrogen-bond acceptors (Lipinski definition) is 3. The lowest BCUT2D eigenvalue weighted by Gasteiger charge is -2.26. The van der Waals surface area contributed by atoms with Gasteiger partial charge >= 0.3 is 5.97 Å². The fourth-order valence-corrected chi connectivity index (χ4v) is 3.25. The minimum Gasteiger partial charge on any atom is -0.468 e. The molecule has 1 aliphatic carbocycles. The monoisotopic (exact) mass is 197 g/mol. The van der Waals surface area contributed by atoms with E-state index in [1.165, 1.54) is 13.5 Å². The van der Waals surface area contributed by atoms with Crippen molar-refractivity contribution in [1.29, 1.82) is 0 Å². The smallest absolute Gasteiger partial charge is 0.323 e. The minimum atomic E-state index is -0.0582. The summed E-state index contributed by atoms with van der Waals surface area (Å²) in [4.78, 5) is 13.7. The Balaban J connectivity index is 2.14. The molecule has 80 valence electrons. The number of piperidine rings is 1. The Morgan fingerprint density at radius 1 is 1.64 bits per heavy atom. The van der Waals surface area contributed by atoms with Gasteiger partial charge in [-0.15, -0.1) is 0 Å². The molecule has 3 nitrogen and oxygen atoms in total. The molecule has 2 fully saturated rings. The molecular formula is C11H19NO2. The number of carbonyl (C=O) groups excluding carboxylic acids is 1. The van der Waals surface area contributed by atoms with Crippen LogP contribution in [0.15, 0.2) is 0 Å². The van der Waals surface area contributed by atoms with E-state index in [0.717, 1.165) is 6.54 Å². The number of ether oxygens (including phenoxy) is 1. The molecule has 2 rings (SSSR count). The largest absolute Gasteiger partial charge is 0.468 e. The SMILES string of the molecule is CCC1(C)C2CN(C)[C@H](C(=O)OC)C21. The topological polar surface area (TPSA) is 29.5 Å². The third-order valence-corrected chi connectivity index (χ3v) is 4.44. The van der Waals surface area contributed by atoms with Gasteiger partial charge in [-0.05, 0) is 24.3 Å². The second-order valence-electron chi connectivity index (χ2n) is 4.90. The van der Waals surface area contributed by atoms with Crippen LogP contribution >= 0.6 is 0 Å². The van der Waals surface area contributed by atoms with Gasteiger partial charge in [0, 0.05) is 6.54 Å². The molecule has 1 heterocycles. The molecule has 0 aromatic rings. The third-order valence-electron chi connectivity index (χ3n) is 4.44. The average Bonchev–Trinajstić information content (AvgIpc) is 2.58. The van der Waals surface area contributed by atoms with Crippen molar-refractivity contribution in [3.63, 3.8) is 0 Å². The van der Waals surface area contributed by atoms with Crippen molar-refractivity contribution in [3.05, 3.63) is 0 Å². The zero-order valence-electron chi connectivity index (χ0n) is 9.41. The van der Waals surface area contributed by atoms with Gasteiger partial charge in [0.25, 0.3) is 0 Å². The zero-order valence-corrected chi connectivity index (χ0v) is 9.41. The van der Waals surface area contributed by atoms with E-state index in [1.54, 1.807) is 0 Å². The second-order valence-corrected chi connectivity index (χ2v) is 4.90. The lowest BCUT2D eigenvalue weighted by molar-refractivity contribution is -0.146. The van der Waals surface area contributed by atoms with E-state index < -0.39 is 0 Å². The van der Waals surface area contributed by atoms with Gasteiger partial charge in [-0.25, -0.2) is 0 Å². The van der Waals surface area contributed by atoms with Crippen molar-refractivity contribution < 1.29 is 9.53 Å². The van der Waals surface area contributed by atoms with Gasteiger partial charge in [0.1, 0.15) is 6.04 Å². The Morgan fingerprint density at radius 2 is 2.29 bits per heavy atom. The van der Waals surface area contributed by atoms with E-state index >= 15 is 0 Å². The number of esters is 1. The molecule has 1 saturated carbocycles. The Kier molecular flexibility index (Phi) is 2.11. The maximum Gasteiger partial charge on any atom is 0.323 e. The fourth-order valence-electron chi connectivity index (χ4n) is 3.25. The molecule has 0 radical (unpaired) electrons. The van der Waals surface area contributed by atoms with Crippen LogP contribution in [0.25, 0.3) is 0 Å². The molecule has 0 bridgehead atoms. The van der Waals surface area contributed by atoms with E-state index in [1.807, 2.05) is 7.05 Å². The first-order chi connectivity index (χ1) is 6.56. The lowest BCUT2D eigenvalue weighted by Crippen LogP contribution is -2.40. The van der Waals surface area contributed by atoms with E-state index in [2.05, 4.69) is 18.7 Å². The highest BCUT2D eigenvalue weighted by Crippen LogP contribution is 2.66. The van der Waals surface area contributed by atoms with E-state index in [-0.39, 0.29) is 12.0 Å². The van der Waals surface area contributed by atoms with Crippen LogP contribution in [-0.2, 0) is 9.53 Å². The fraction of sp³-hybridized carbons (Fsp3) is 0.909. The first kappa shape index (κ1) is 9.97. The highest BCUT2D eigenvalue weighted by atomic mass is 16.5. The van der Waals surface area contributed by atoms with Crippen LogP contribution in [0.4, 0.5) is 0 Å². The van der Waals surface area contributed by atoms with Crippen molar-refractivity contribution in [2.45, 2.75) is 26.3 Å². The first-order valence-electron chi connectivity index (χ1n) is 5.34. The van der Waals surface area contributed by atoms with Crippen molar-refractivity contribution in [2.75, 3.05) is 20.7 Å². The van der Waals surface area contributed by atoms with Gasteiger partial charge in [0.15, 0.2) is 0 Å². The molecule has 3 unspecified atom stereocenters. The van der Waals surface area contributed by atoms with Crippen LogP contribution in [-0.4, -0.2) is 37.6 Å². The summed E-state index contributed by atoms with van der Waals surface area (Å²) in [5, 5.41) is 0. The Morgan fingerprint density at radius 3 is 2.79 bits per heavy atom. The molecule has 1 aliphatic heterocycles. The van der Waals surface area contributed by atoms with E-state index in [9.17, 15) is 4.79 Å². The molecule has 14 heavy (non-hydrogen) atoms. The molecule has 0 aromatic heterocycles. The predicted molar refractivity (Wildman–Crippen MR) is 53.8 cm³/mol. The zero-order chi connectivity index (χ0) is 10.5. The summed E-state index contributed by atoms with van der Waals surface area (Å²) in [6.45, 7) is 5.56. The normalized spacial score (nSPS) is 46.1. The molecule has 0 amide bonds. The summed E-state index contributed by atoms with van der Waals surface area (Å²) in [6, 6.07) is 0.00921. The molecule has 4 atom stereocenters. The van der Waals surface area contributed by atoms with Crippen LogP contribution in [0.2, 0.25) is 0 Å². The molecular weight excluding hydrogens is 178 g/mol. The summed E-state index contributed by atoms with van der Waals surface area (Å²) in [5.41, 5.74) is 0.394. The summed E-state index contributed by atoms with van der Waals surface area (Å²) >= 11 is 0. The average molecular weight is 197 g/mol. The molecule has 0 N–H and O–H groups in total. The summed E-state index contributed by atoms with van der Waals surface area (Å²) in [7, 11) is 3.50. The van der Waals surface area contributed by atoms with Crippen LogP contribution in [0.5, 0.6) is 0 Å². The van der Waals surface area contributed by atoms with Crippen molar-refractivity contribution in [1.82, 2.24) is 4.90 Å². The van der Waals surface area contributed by atoms with Crippen molar-refractivity contribution in [2.24, 2.45) is 17.3 Å². The number of rotatable bonds is 2. The van der Waals surface area contributed by atoms with Gasteiger partial charge in [-0.3, -0.25) is 9.69 Å². The summed E-state index contributed by atoms with van der Waals surface area (Å²) < 4.78 is 4.86. The molecule has 0 aromatic carbocycles. The van der Waals surface area contributed by atoms with Gasteiger partial charge in [0.2, 0.25) is 0 Å². The van der Waals surface area contributed by atoms with Gasteiger partial charge in [-0.2, -0.15) is 0 Å². The van der Waals surface area contributed by atoms with E-state index in [4.69, 9.17) is 4.74 Å². The van der Waals surface area contributed by atoms with Crippen LogP contribution in [0.1, 0.15) is 20.3 Å². The number of carbonyl (C=O) groups is 1. The molecule has 1 saturated heterocycles. The molecule has 2 aliphatic rings. The Hall–Kier alpha value is -0.570. The second kappa shape index (κ2) is 2.96. The van der Waals surface area contributed by atoms with Crippen LogP contribution in [0, 0.1) is 17.3 Å². The van der Waals surface area contributed by atoms with Crippen molar-refractivity contribution >= 4 is 5.97 Å². The number of likely N-dealkylation sites (tertiary alicyclic amines) is 1. The Bertz CT molecular complexity index is 266. The van der Waals surface area contributed by atoms with Gasteiger partial charge in [-0.1, -0.05) is 20.3 Å². The summed E-state index contributed by atoms with van der Waals surface area (Å²) in [5.74, 6) is 1.18. The summed E-state index contributed by atoms with van der Waals surface area (Å²) in [6.07, 6.45) is 1.17. The molecule has 0 spiro atoms. The Labute approximate surface area is 85.4 Å². The third kappa shape index (κ3) is 1.05. The number of nitrogens with zero attached hydrogens (tertiary/aromatic N) is 1. The first-order valence-corrected chi connectivity index (χ1v) is 5.34. The maximum atomic E-state index is 11.6. The minimum absolute atomic E-state index is 0.00921. The van der Waals surface area contributed by atoms with Gasteiger partial charge in [0.05, 0.1) is 7.11 Å². The van der Waals surface area contributed by atoms with Gasteiger partial charge < -0.3 is 4.74 Å². The number of methoxy groups -OCH3 is 1. The van der Waals surface area contributed by atoms with Crippen LogP contribution < -0.4 is 0 Å². The standard InChI is InChI=1S/C11H19NO2/c1-5-11(2)7-6-12(3)9(8(7)11)10(13)14-4/h7-9H,5-6H2,1-4H3/t7?,8?,9-,11?/m0/s1. The number of likely N-dealkylation sites (N-methyl/N-ethyl adjacent to an activating group) is 1. The maximum absolute atomic E-state index is 11.6. The quantitative estimate of drug-likeness (QED) is 0.622. The van der Waals surface area contributed by atoms with E-state index in [0.29, 0.717) is 17.3 Å². The predicted octanol–water partition coefficient (Wildman–Crippen LogP) is 1.14. The number of fused-ring (bicyclic) bond motifs is 1. The van der Waals surface area contributed by atoms with Crippen LogP contribution in [0.3, 0.4) is 0 Å². The highest BCUT2D eigenvalue weighted by Gasteiger charge is 2.69. The highest BCUT2D eigenvalue weighted by molar-refractivity contribution is 5.77. The number of hydrogen-bond donors (Lipinski definition) is 0. The lowest BCUT2D eigenvalue weighted by atomic mass is 9.96. The molecule has 3 heteroatoms. The van der Waals surface area contributed by atoms with Crippen molar-refractivity contribution in [3.8, 4) is 0 Å².